The van der Waals surface area contributed by atoms with E-state index in [0.717, 1.165) is 30.0 Å². The molecule has 1 aromatic carbocycles. The maximum absolute atomic E-state index is 6.22. The molecule has 3 nitrogen and oxygen atoms in total. The molecule has 1 aliphatic rings. The molecular weight excluding hydrogens is 260 g/mol. The minimum atomic E-state index is -0.139. The van der Waals surface area contributed by atoms with Crippen LogP contribution in [0.2, 0.25) is 0 Å². The zero-order valence-corrected chi connectivity index (χ0v) is 12.7. The maximum Gasteiger partial charge on any atom is 0.0896 e. The molecule has 3 rings (SSSR count). The Morgan fingerprint density at radius 3 is 2.71 bits per heavy atom. The highest BCUT2D eigenvalue weighted by molar-refractivity contribution is 5.78. The molecule has 112 valence electrons. The number of aromatic nitrogens is 1. The first-order chi connectivity index (χ1) is 10.2. The number of hydrogen-bond donors (Lipinski definition) is 1. The topological polar surface area (TPSA) is 48.1 Å². The molecule has 2 N–H and O–H groups in total. The summed E-state index contributed by atoms with van der Waals surface area (Å²) in [7, 11) is 0. The molecule has 21 heavy (non-hydrogen) atoms. The van der Waals surface area contributed by atoms with Crippen molar-refractivity contribution in [1.82, 2.24) is 4.98 Å². The number of fused-ring (bicyclic) bond motifs is 1. The summed E-state index contributed by atoms with van der Waals surface area (Å²) in [4.78, 5) is 4.67. The molecule has 3 heteroatoms. The highest BCUT2D eigenvalue weighted by Crippen LogP contribution is 2.34. The highest BCUT2D eigenvalue weighted by atomic mass is 16.5. The molecule has 1 fully saturated rings. The molecule has 0 aliphatic heterocycles. The molecule has 0 amide bonds. The SMILES string of the molecule is CC1CCC(CN)(OCc2ccc3ccccc3n2)CC1. The van der Waals surface area contributed by atoms with E-state index in [0.29, 0.717) is 13.2 Å². The number of rotatable bonds is 4. The summed E-state index contributed by atoms with van der Waals surface area (Å²) in [6, 6.07) is 12.3. The Bertz CT molecular complexity index is 603. The standard InChI is InChI=1S/C18H24N2O/c1-14-8-10-18(13-19,11-9-14)21-12-16-7-6-15-4-2-3-5-17(15)20-16/h2-7,14H,8-13,19H2,1H3. The summed E-state index contributed by atoms with van der Waals surface area (Å²) in [5.41, 5.74) is 7.87. The summed E-state index contributed by atoms with van der Waals surface area (Å²) in [6.45, 7) is 3.47. The van der Waals surface area contributed by atoms with Crippen LogP contribution in [0, 0.1) is 5.92 Å². The van der Waals surface area contributed by atoms with Crippen molar-refractivity contribution in [3.05, 3.63) is 42.1 Å². The predicted octanol–water partition coefficient (Wildman–Crippen LogP) is 3.66. The van der Waals surface area contributed by atoms with E-state index in [2.05, 4.69) is 30.1 Å². The van der Waals surface area contributed by atoms with Gasteiger partial charge < -0.3 is 10.5 Å². The van der Waals surface area contributed by atoms with E-state index in [-0.39, 0.29) is 5.60 Å². The second-order valence-electron chi connectivity index (χ2n) is 6.35. The van der Waals surface area contributed by atoms with Crippen LogP contribution in [0.3, 0.4) is 0 Å². The Kier molecular flexibility index (Phi) is 4.22. The highest BCUT2D eigenvalue weighted by Gasteiger charge is 2.33. The van der Waals surface area contributed by atoms with Crippen LogP contribution in [0.15, 0.2) is 36.4 Å². The van der Waals surface area contributed by atoms with Crippen LogP contribution in [-0.2, 0) is 11.3 Å². The van der Waals surface area contributed by atoms with Crippen LogP contribution >= 0.6 is 0 Å². The van der Waals surface area contributed by atoms with Gasteiger partial charge in [0.05, 0.1) is 23.4 Å². The molecule has 0 bridgehead atoms. The van der Waals surface area contributed by atoms with Gasteiger partial charge in [-0.3, -0.25) is 4.98 Å². The molecular formula is C18H24N2O. The van der Waals surface area contributed by atoms with Crippen LogP contribution < -0.4 is 5.73 Å². The summed E-state index contributed by atoms with van der Waals surface area (Å²) in [5, 5.41) is 1.17. The zero-order valence-electron chi connectivity index (χ0n) is 12.7. The third kappa shape index (κ3) is 3.25. The molecule has 1 aromatic heterocycles. The van der Waals surface area contributed by atoms with Crippen molar-refractivity contribution < 1.29 is 4.74 Å². The van der Waals surface area contributed by atoms with Crippen molar-refractivity contribution in [2.75, 3.05) is 6.54 Å². The first-order valence-electron chi connectivity index (χ1n) is 7.89. The Morgan fingerprint density at radius 2 is 1.95 bits per heavy atom. The van der Waals surface area contributed by atoms with E-state index in [9.17, 15) is 0 Å². The second-order valence-corrected chi connectivity index (χ2v) is 6.35. The Hall–Kier alpha value is -1.45. The van der Waals surface area contributed by atoms with Crippen LogP contribution in [0.5, 0.6) is 0 Å². The number of nitrogens with two attached hydrogens (primary N) is 1. The number of para-hydroxylation sites is 1. The fraction of sp³-hybridized carbons (Fsp3) is 0.500. The zero-order chi connectivity index (χ0) is 14.7. The molecule has 0 atom stereocenters. The minimum absolute atomic E-state index is 0.139. The molecule has 0 unspecified atom stereocenters. The van der Waals surface area contributed by atoms with Crippen LogP contribution in [0.4, 0.5) is 0 Å². The van der Waals surface area contributed by atoms with Crippen molar-refractivity contribution in [3.63, 3.8) is 0 Å². The number of pyridine rings is 1. The summed E-state index contributed by atoms with van der Waals surface area (Å²) in [5.74, 6) is 0.798. The molecule has 1 aliphatic carbocycles. The van der Waals surface area contributed by atoms with Crippen molar-refractivity contribution in [2.45, 2.75) is 44.8 Å². The van der Waals surface area contributed by atoms with E-state index in [4.69, 9.17) is 10.5 Å². The second kappa shape index (κ2) is 6.12. The lowest BCUT2D eigenvalue weighted by Gasteiger charge is -2.38. The van der Waals surface area contributed by atoms with E-state index >= 15 is 0 Å². The van der Waals surface area contributed by atoms with E-state index < -0.39 is 0 Å². The molecule has 2 aromatic rings. The van der Waals surface area contributed by atoms with Gasteiger partial charge >= 0.3 is 0 Å². The third-order valence-electron chi connectivity index (χ3n) is 4.74. The number of hydrogen-bond acceptors (Lipinski definition) is 3. The summed E-state index contributed by atoms with van der Waals surface area (Å²) < 4.78 is 6.22. The summed E-state index contributed by atoms with van der Waals surface area (Å²) >= 11 is 0. The molecule has 0 radical (unpaired) electrons. The lowest BCUT2D eigenvalue weighted by atomic mass is 9.79. The quantitative estimate of drug-likeness (QED) is 0.932. The number of benzene rings is 1. The van der Waals surface area contributed by atoms with Crippen molar-refractivity contribution in [3.8, 4) is 0 Å². The monoisotopic (exact) mass is 284 g/mol. The third-order valence-corrected chi connectivity index (χ3v) is 4.74. The van der Waals surface area contributed by atoms with Gasteiger partial charge in [-0.15, -0.1) is 0 Å². The fourth-order valence-electron chi connectivity index (χ4n) is 3.11. The predicted molar refractivity (Wildman–Crippen MR) is 85.9 cm³/mol. The lowest BCUT2D eigenvalue weighted by molar-refractivity contribution is -0.0809. The molecule has 0 saturated heterocycles. The minimum Gasteiger partial charge on any atom is -0.367 e. The van der Waals surface area contributed by atoms with Crippen molar-refractivity contribution in [2.24, 2.45) is 11.7 Å². The van der Waals surface area contributed by atoms with Crippen molar-refractivity contribution >= 4 is 10.9 Å². The number of nitrogens with zero attached hydrogens (tertiary/aromatic N) is 1. The largest absolute Gasteiger partial charge is 0.367 e. The Balaban J connectivity index is 1.70. The van der Waals surface area contributed by atoms with Gasteiger partial charge in [0.2, 0.25) is 0 Å². The lowest BCUT2D eigenvalue weighted by Crippen LogP contribution is -2.43. The van der Waals surface area contributed by atoms with Gasteiger partial charge in [-0.2, -0.15) is 0 Å². The number of ether oxygens (including phenoxy) is 1. The fourth-order valence-corrected chi connectivity index (χ4v) is 3.11. The van der Waals surface area contributed by atoms with Crippen LogP contribution in [0.25, 0.3) is 10.9 Å². The maximum atomic E-state index is 6.22. The van der Waals surface area contributed by atoms with Gasteiger partial charge in [-0.1, -0.05) is 31.2 Å². The van der Waals surface area contributed by atoms with Gasteiger partial charge in [0.1, 0.15) is 0 Å². The van der Waals surface area contributed by atoms with Crippen LogP contribution in [-0.4, -0.2) is 17.1 Å². The van der Waals surface area contributed by atoms with Crippen molar-refractivity contribution in [1.29, 1.82) is 0 Å². The van der Waals surface area contributed by atoms with Gasteiger partial charge in [0, 0.05) is 11.9 Å². The van der Waals surface area contributed by atoms with E-state index in [1.165, 1.54) is 18.2 Å². The Labute approximate surface area is 126 Å². The van der Waals surface area contributed by atoms with Gasteiger partial charge in [0.25, 0.3) is 0 Å². The smallest absolute Gasteiger partial charge is 0.0896 e. The van der Waals surface area contributed by atoms with Gasteiger partial charge in [-0.25, -0.2) is 0 Å². The Morgan fingerprint density at radius 1 is 1.19 bits per heavy atom. The summed E-state index contributed by atoms with van der Waals surface area (Å²) in [6.07, 6.45) is 4.56. The first kappa shape index (κ1) is 14.5. The molecule has 1 saturated carbocycles. The van der Waals surface area contributed by atoms with Crippen LogP contribution in [0.1, 0.15) is 38.3 Å². The molecule has 1 heterocycles. The van der Waals surface area contributed by atoms with E-state index in [1.807, 2.05) is 18.2 Å². The van der Waals surface area contributed by atoms with Gasteiger partial charge in [-0.05, 0) is 43.7 Å². The average molecular weight is 284 g/mol. The van der Waals surface area contributed by atoms with E-state index in [1.54, 1.807) is 0 Å². The first-order valence-corrected chi connectivity index (χ1v) is 7.89. The average Bonchev–Trinajstić information content (AvgIpc) is 2.55. The molecule has 0 spiro atoms. The van der Waals surface area contributed by atoms with Gasteiger partial charge in [0.15, 0.2) is 0 Å². The normalized spacial score (nSPS) is 26.1.